The van der Waals surface area contributed by atoms with Crippen molar-refractivity contribution in [2.45, 2.75) is 25.4 Å². The van der Waals surface area contributed by atoms with Gasteiger partial charge in [-0.2, -0.15) is 18.3 Å². The first-order chi connectivity index (χ1) is 17.0. The largest absolute Gasteiger partial charge is 0.492 e. The van der Waals surface area contributed by atoms with Crippen LogP contribution >= 0.6 is 0 Å². The van der Waals surface area contributed by atoms with Crippen LogP contribution in [0.15, 0.2) is 30.5 Å². The van der Waals surface area contributed by atoms with Crippen molar-refractivity contribution in [1.29, 1.82) is 0 Å². The monoisotopic (exact) mass is 508 g/mol. The van der Waals surface area contributed by atoms with E-state index in [4.69, 9.17) is 9.47 Å². The summed E-state index contributed by atoms with van der Waals surface area (Å²) in [5.41, 5.74) is -3.23. The van der Waals surface area contributed by atoms with Crippen molar-refractivity contribution in [3.05, 3.63) is 53.0 Å². The molecule has 194 valence electrons. The van der Waals surface area contributed by atoms with Gasteiger partial charge in [0.05, 0.1) is 18.9 Å². The zero-order valence-corrected chi connectivity index (χ0v) is 19.9. The Morgan fingerprint density at radius 1 is 1.19 bits per heavy atom. The Balaban J connectivity index is 1.52. The number of fused-ring (bicyclic) bond motifs is 1. The van der Waals surface area contributed by atoms with Gasteiger partial charge in [0, 0.05) is 48.9 Å². The average molecular weight is 508 g/mol. The number of benzene rings is 1. The zero-order valence-electron chi connectivity index (χ0n) is 19.9. The Labute approximate surface area is 205 Å². The predicted molar refractivity (Wildman–Crippen MR) is 122 cm³/mol. The molecule has 0 unspecified atom stereocenters. The number of morpholine rings is 1. The number of alkyl halides is 3. The molecule has 1 amide bonds. The molecule has 0 saturated carbocycles. The van der Waals surface area contributed by atoms with Gasteiger partial charge < -0.3 is 19.5 Å². The molecular weight excluding hydrogens is 481 g/mol. The molecule has 3 heterocycles. The molecule has 1 saturated heterocycles. The van der Waals surface area contributed by atoms with Gasteiger partial charge in [0.25, 0.3) is 5.91 Å². The summed E-state index contributed by atoms with van der Waals surface area (Å²) in [5.74, 6) is -1.46. The minimum Gasteiger partial charge on any atom is -0.492 e. The van der Waals surface area contributed by atoms with Crippen molar-refractivity contribution in [3.8, 4) is 5.75 Å². The number of hydrogen-bond acceptors (Lipinski definition) is 6. The van der Waals surface area contributed by atoms with E-state index in [9.17, 15) is 27.9 Å². The molecule has 9 nitrogen and oxygen atoms in total. The van der Waals surface area contributed by atoms with Crippen molar-refractivity contribution in [2.24, 2.45) is 0 Å². The number of aromatic amines is 1. The standard InChI is InChI=1S/C24H27F3N4O5/c1-23(2)14-31(13-17(22(33)34)19-18(23)20(29-28-19)24(25,26)27)21(32)15-3-5-16(6-4-15)36-12-9-30-7-10-35-11-8-30/h3-6,13H,7-12,14H2,1-2H3,(H,28,29)(H,33,34). The van der Waals surface area contributed by atoms with Gasteiger partial charge >= 0.3 is 12.1 Å². The Morgan fingerprint density at radius 3 is 2.47 bits per heavy atom. The lowest BCUT2D eigenvalue weighted by atomic mass is 9.81. The summed E-state index contributed by atoms with van der Waals surface area (Å²) in [5, 5.41) is 15.3. The molecule has 0 radical (unpaired) electrons. The number of carboxylic acid groups (broad SMARTS) is 1. The van der Waals surface area contributed by atoms with Crippen LogP contribution in [0.5, 0.6) is 5.75 Å². The van der Waals surface area contributed by atoms with Crippen LogP contribution in [0, 0.1) is 0 Å². The lowest BCUT2D eigenvalue weighted by molar-refractivity contribution is -0.142. The highest BCUT2D eigenvalue weighted by Gasteiger charge is 2.46. The highest BCUT2D eigenvalue weighted by atomic mass is 19.4. The van der Waals surface area contributed by atoms with E-state index in [2.05, 4.69) is 15.1 Å². The molecule has 2 aliphatic rings. The maximum absolute atomic E-state index is 13.6. The lowest BCUT2D eigenvalue weighted by Gasteiger charge is -2.30. The van der Waals surface area contributed by atoms with Crippen LogP contribution in [-0.2, 0) is 21.1 Å². The molecule has 36 heavy (non-hydrogen) atoms. The van der Waals surface area contributed by atoms with Crippen LogP contribution in [0.2, 0.25) is 0 Å². The number of amides is 1. The van der Waals surface area contributed by atoms with Gasteiger partial charge in [-0.15, -0.1) is 0 Å². The number of aliphatic carboxylic acids is 1. The van der Waals surface area contributed by atoms with Gasteiger partial charge in [-0.3, -0.25) is 14.8 Å². The molecule has 0 aliphatic carbocycles. The van der Waals surface area contributed by atoms with Crippen molar-refractivity contribution >= 4 is 17.4 Å². The molecule has 1 fully saturated rings. The fourth-order valence-corrected chi connectivity index (χ4v) is 4.44. The molecule has 1 aromatic carbocycles. The van der Waals surface area contributed by atoms with E-state index in [0.717, 1.165) is 30.7 Å². The molecule has 0 bridgehead atoms. The summed E-state index contributed by atoms with van der Waals surface area (Å²) in [4.78, 5) is 28.6. The molecule has 2 aliphatic heterocycles. The van der Waals surface area contributed by atoms with E-state index in [0.29, 0.717) is 25.6 Å². The van der Waals surface area contributed by atoms with Crippen molar-refractivity contribution in [2.75, 3.05) is 46.0 Å². The predicted octanol–water partition coefficient (Wildman–Crippen LogP) is 3.00. The first-order valence-corrected chi connectivity index (χ1v) is 11.4. The number of nitrogens with zero attached hydrogens (tertiary/aromatic N) is 3. The topological polar surface area (TPSA) is 108 Å². The summed E-state index contributed by atoms with van der Waals surface area (Å²) in [7, 11) is 0. The molecule has 0 spiro atoms. The first-order valence-electron chi connectivity index (χ1n) is 11.4. The number of nitrogens with one attached hydrogen (secondary N) is 1. The Bertz CT molecular complexity index is 1150. The maximum Gasteiger partial charge on any atom is 0.435 e. The number of ether oxygens (including phenoxy) is 2. The minimum atomic E-state index is -4.79. The molecule has 1 aromatic heterocycles. The van der Waals surface area contributed by atoms with Crippen LogP contribution in [0.3, 0.4) is 0 Å². The highest BCUT2D eigenvalue weighted by Crippen LogP contribution is 2.42. The third-order valence-corrected chi connectivity index (χ3v) is 6.20. The van der Waals surface area contributed by atoms with E-state index in [-0.39, 0.29) is 23.4 Å². The second-order valence-corrected chi connectivity index (χ2v) is 9.31. The number of hydrogen-bond donors (Lipinski definition) is 2. The molecule has 2 N–H and O–H groups in total. The number of carboxylic acids is 1. The SMILES string of the molecule is CC1(C)CN(C(=O)c2ccc(OCCN3CCOCC3)cc2)C=C(C(=O)O)c2[nH]nc(C(F)(F)F)c21. The Morgan fingerprint density at radius 2 is 1.86 bits per heavy atom. The van der Waals surface area contributed by atoms with Crippen molar-refractivity contribution < 1.29 is 37.3 Å². The van der Waals surface area contributed by atoms with Crippen LogP contribution in [0.25, 0.3) is 5.57 Å². The second kappa shape index (κ2) is 9.94. The summed E-state index contributed by atoms with van der Waals surface area (Å²) in [6.45, 7) is 7.13. The molecular formula is C24H27F3N4O5. The van der Waals surface area contributed by atoms with Gasteiger partial charge in [0.2, 0.25) is 0 Å². The molecule has 0 atom stereocenters. The quantitative estimate of drug-likeness (QED) is 0.618. The Hall–Kier alpha value is -3.38. The van der Waals surface area contributed by atoms with Crippen LogP contribution in [-0.4, -0.2) is 83.0 Å². The van der Waals surface area contributed by atoms with Crippen LogP contribution in [0.1, 0.15) is 41.2 Å². The van der Waals surface area contributed by atoms with E-state index < -0.39 is 34.7 Å². The number of rotatable bonds is 6. The molecule has 4 rings (SSSR count). The summed E-state index contributed by atoms with van der Waals surface area (Å²) >= 11 is 0. The fourth-order valence-electron chi connectivity index (χ4n) is 4.44. The molecule has 12 heteroatoms. The highest BCUT2D eigenvalue weighted by molar-refractivity contribution is 6.16. The normalized spacial score (nSPS) is 18.2. The smallest absolute Gasteiger partial charge is 0.435 e. The zero-order chi connectivity index (χ0) is 26.1. The summed E-state index contributed by atoms with van der Waals surface area (Å²) < 4.78 is 51.9. The first kappa shape index (κ1) is 25.7. The van der Waals surface area contributed by atoms with Crippen LogP contribution < -0.4 is 4.74 Å². The number of aromatic nitrogens is 2. The van der Waals surface area contributed by atoms with Crippen molar-refractivity contribution in [3.63, 3.8) is 0 Å². The number of halogens is 3. The minimum absolute atomic E-state index is 0.184. The lowest BCUT2D eigenvalue weighted by Crippen LogP contribution is -2.38. The summed E-state index contributed by atoms with van der Waals surface area (Å²) in [6.07, 6.45) is -3.73. The third kappa shape index (κ3) is 5.39. The number of carbonyl (C=O) groups excluding carboxylic acids is 1. The third-order valence-electron chi connectivity index (χ3n) is 6.20. The molecule has 2 aromatic rings. The number of carbonyl (C=O) groups is 2. The maximum atomic E-state index is 13.6. The van der Waals surface area contributed by atoms with E-state index >= 15 is 0 Å². The second-order valence-electron chi connectivity index (χ2n) is 9.31. The van der Waals surface area contributed by atoms with E-state index in [1.165, 1.54) is 13.8 Å². The van der Waals surface area contributed by atoms with Crippen LogP contribution in [0.4, 0.5) is 13.2 Å². The van der Waals surface area contributed by atoms with Gasteiger partial charge in [-0.1, -0.05) is 13.8 Å². The van der Waals surface area contributed by atoms with Gasteiger partial charge in [-0.25, -0.2) is 4.79 Å². The van der Waals surface area contributed by atoms with E-state index in [1.807, 2.05) is 0 Å². The van der Waals surface area contributed by atoms with Gasteiger partial charge in [0.1, 0.15) is 17.9 Å². The number of H-pyrrole nitrogens is 1. The Kier molecular flexibility index (Phi) is 7.10. The summed E-state index contributed by atoms with van der Waals surface area (Å²) in [6, 6.07) is 6.35. The average Bonchev–Trinajstić information content (AvgIpc) is 3.24. The van der Waals surface area contributed by atoms with Gasteiger partial charge in [-0.05, 0) is 24.3 Å². The van der Waals surface area contributed by atoms with Crippen molar-refractivity contribution in [1.82, 2.24) is 20.0 Å². The van der Waals surface area contributed by atoms with Gasteiger partial charge in [0.15, 0.2) is 5.69 Å². The van der Waals surface area contributed by atoms with E-state index in [1.54, 1.807) is 24.3 Å². The fraction of sp³-hybridized carbons (Fsp3) is 0.458.